The third-order valence-corrected chi connectivity index (χ3v) is 3.85. The first-order chi connectivity index (χ1) is 8.76. The van der Waals surface area contributed by atoms with Crippen molar-refractivity contribution < 1.29 is 4.39 Å². The Morgan fingerprint density at radius 2 is 2.17 bits per heavy atom. The molecule has 6 nitrogen and oxygen atoms in total. The zero-order valence-corrected chi connectivity index (χ0v) is 10.1. The molecule has 1 aromatic rings. The molecular formula is C11H17FN6. The van der Waals surface area contributed by atoms with Crippen molar-refractivity contribution in [3.8, 4) is 0 Å². The zero-order valence-electron chi connectivity index (χ0n) is 10.1. The minimum absolute atomic E-state index is 0.222. The first-order valence-corrected chi connectivity index (χ1v) is 6.24. The number of nitrogen functional groups attached to an aromatic ring is 1. The third-order valence-electron chi connectivity index (χ3n) is 3.85. The second-order valence-electron chi connectivity index (χ2n) is 4.92. The van der Waals surface area contributed by atoms with Crippen LogP contribution in [0.4, 0.5) is 16.2 Å². The Hall–Kier alpha value is -1.47. The lowest BCUT2D eigenvalue weighted by atomic mass is 9.84. The monoisotopic (exact) mass is 252 g/mol. The summed E-state index contributed by atoms with van der Waals surface area (Å²) in [5.41, 5.74) is 2.33. The Morgan fingerprint density at radius 1 is 1.39 bits per heavy atom. The minimum Gasteiger partial charge on any atom is -0.363 e. The average molecular weight is 252 g/mol. The number of nitrogens with two attached hydrogens (primary N) is 1. The highest BCUT2D eigenvalue weighted by Gasteiger charge is 2.34. The molecule has 7 heteroatoms. The van der Waals surface area contributed by atoms with Crippen LogP contribution < -0.4 is 16.6 Å². The van der Waals surface area contributed by atoms with Gasteiger partial charge in [0.2, 0.25) is 5.95 Å². The molecule has 0 aromatic carbocycles. The van der Waals surface area contributed by atoms with Gasteiger partial charge in [0, 0.05) is 12.6 Å². The molecule has 0 saturated carbocycles. The summed E-state index contributed by atoms with van der Waals surface area (Å²) in [5.74, 6) is 5.85. The highest BCUT2D eigenvalue weighted by atomic mass is 19.1. The number of nitrogens with zero attached hydrogens (tertiary/aromatic N) is 3. The number of hydrogen-bond donors (Lipinski definition) is 3. The number of nitrogens with one attached hydrogen (secondary N) is 2. The van der Waals surface area contributed by atoms with E-state index in [4.69, 9.17) is 5.84 Å². The molecule has 1 atom stereocenters. The summed E-state index contributed by atoms with van der Waals surface area (Å²) in [4.78, 5) is 10.1. The lowest BCUT2D eigenvalue weighted by molar-refractivity contribution is 0.0972. The Kier molecular flexibility index (Phi) is 3.00. The molecule has 4 N–H and O–H groups in total. The number of rotatable bonds is 3. The fourth-order valence-electron chi connectivity index (χ4n) is 2.84. The molecule has 3 aliphatic heterocycles. The second-order valence-corrected chi connectivity index (χ2v) is 4.92. The quantitative estimate of drug-likeness (QED) is 0.534. The van der Waals surface area contributed by atoms with E-state index in [9.17, 15) is 4.39 Å². The third kappa shape index (κ3) is 2.11. The molecule has 2 bridgehead atoms. The number of hydrazine groups is 1. The standard InChI is InChI=1S/C11H17FN6/c12-8-5-14-11(17-13)16-10(8)15-9-6-18-3-1-7(9)2-4-18/h5,7,9H,1-4,6,13H2,(H2,14,15,16,17). The zero-order chi connectivity index (χ0) is 12.5. The van der Waals surface area contributed by atoms with Crippen LogP contribution >= 0.6 is 0 Å². The topological polar surface area (TPSA) is 79.1 Å². The predicted molar refractivity (Wildman–Crippen MR) is 66.4 cm³/mol. The second kappa shape index (κ2) is 4.66. The van der Waals surface area contributed by atoms with Crippen LogP contribution in [0.15, 0.2) is 6.20 Å². The van der Waals surface area contributed by atoms with Gasteiger partial charge in [0.15, 0.2) is 11.6 Å². The van der Waals surface area contributed by atoms with E-state index in [1.165, 1.54) is 12.8 Å². The van der Waals surface area contributed by atoms with Crippen LogP contribution in [0, 0.1) is 11.7 Å². The molecule has 0 aliphatic carbocycles. The van der Waals surface area contributed by atoms with Gasteiger partial charge in [-0.2, -0.15) is 4.98 Å². The first kappa shape index (κ1) is 11.6. The molecule has 3 fully saturated rings. The van der Waals surface area contributed by atoms with Gasteiger partial charge in [0.25, 0.3) is 0 Å². The van der Waals surface area contributed by atoms with Crippen molar-refractivity contribution in [1.29, 1.82) is 0 Å². The maximum atomic E-state index is 13.6. The summed E-state index contributed by atoms with van der Waals surface area (Å²) >= 11 is 0. The Balaban J connectivity index is 1.76. The molecule has 3 saturated heterocycles. The van der Waals surface area contributed by atoms with Crippen LogP contribution in [-0.4, -0.2) is 40.5 Å². The van der Waals surface area contributed by atoms with Gasteiger partial charge in [-0.3, -0.25) is 5.43 Å². The van der Waals surface area contributed by atoms with Crippen molar-refractivity contribution in [2.45, 2.75) is 18.9 Å². The van der Waals surface area contributed by atoms with Gasteiger partial charge in [-0.1, -0.05) is 0 Å². The lowest BCUT2D eigenvalue weighted by Gasteiger charge is -2.45. The fourth-order valence-corrected chi connectivity index (χ4v) is 2.84. The number of halogens is 1. The van der Waals surface area contributed by atoms with Crippen LogP contribution in [0.3, 0.4) is 0 Å². The summed E-state index contributed by atoms with van der Waals surface area (Å²) in [5, 5.41) is 3.19. The number of aromatic nitrogens is 2. The Morgan fingerprint density at radius 3 is 2.78 bits per heavy atom. The number of fused-ring (bicyclic) bond motifs is 3. The van der Waals surface area contributed by atoms with Gasteiger partial charge in [0.05, 0.1) is 6.20 Å². The van der Waals surface area contributed by atoms with Crippen molar-refractivity contribution in [3.63, 3.8) is 0 Å². The molecule has 4 rings (SSSR count). The maximum Gasteiger partial charge on any atom is 0.239 e. The van der Waals surface area contributed by atoms with Crippen molar-refractivity contribution in [2.24, 2.45) is 11.8 Å². The summed E-state index contributed by atoms with van der Waals surface area (Å²) in [6.45, 7) is 3.27. The van der Waals surface area contributed by atoms with E-state index in [1.807, 2.05) is 0 Å². The largest absolute Gasteiger partial charge is 0.363 e. The van der Waals surface area contributed by atoms with Gasteiger partial charge in [-0.05, 0) is 31.8 Å². The van der Waals surface area contributed by atoms with E-state index < -0.39 is 5.82 Å². The summed E-state index contributed by atoms with van der Waals surface area (Å²) in [6, 6.07) is 0.266. The SMILES string of the molecule is NNc1ncc(F)c(NC2CN3CCC2CC3)n1. The summed E-state index contributed by atoms with van der Waals surface area (Å²) in [7, 11) is 0. The normalized spacial score (nSPS) is 30.2. The Labute approximate surface area is 105 Å². The molecule has 18 heavy (non-hydrogen) atoms. The predicted octanol–water partition coefficient (Wildman–Crippen LogP) is 0.407. The van der Waals surface area contributed by atoms with E-state index in [-0.39, 0.29) is 17.8 Å². The molecule has 1 aromatic heterocycles. The van der Waals surface area contributed by atoms with E-state index in [1.54, 1.807) is 0 Å². The highest BCUT2D eigenvalue weighted by molar-refractivity contribution is 5.41. The first-order valence-electron chi connectivity index (χ1n) is 6.24. The number of anilines is 2. The molecule has 0 radical (unpaired) electrons. The summed E-state index contributed by atoms with van der Waals surface area (Å²) in [6.07, 6.45) is 3.48. The van der Waals surface area contributed by atoms with Gasteiger partial charge in [-0.15, -0.1) is 0 Å². The molecule has 1 unspecified atom stereocenters. The van der Waals surface area contributed by atoms with Crippen LogP contribution in [0.25, 0.3) is 0 Å². The molecule has 0 spiro atoms. The van der Waals surface area contributed by atoms with Crippen molar-refractivity contribution in [2.75, 3.05) is 30.4 Å². The van der Waals surface area contributed by atoms with E-state index in [2.05, 4.69) is 25.6 Å². The van der Waals surface area contributed by atoms with Gasteiger partial charge >= 0.3 is 0 Å². The van der Waals surface area contributed by atoms with Crippen molar-refractivity contribution >= 4 is 11.8 Å². The fraction of sp³-hybridized carbons (Fsp3) is 0.636. The van der Waals surface area contributed by atoms with Crippen molar-refractivity contribution in [3.05, 3.63) is 12.0 Å². The molecule has 0 amide bonds. The molecule has 98 valence electrons. The smallest absolute Gasteiger partial charge is 0.239 e. The van der Waals surface area contributed by atoms with Crippen LogP contribution in [0.2, 0.25) is 0 Å². The summed E-state index contributed by atoms with van der Waals surface area (Å²) < 4.78 is 13.6. The Bertz CT molecular complexity index is 432. The maximum absolute atomic E-state index is 13.6. The van der Waals surface area contributed by atoms with Crippen LogP contribution in [0.5, 0.6) is 0 Å². The molecule has 4 heterocycles. The van der Waals surface area contributed by atoms with E-state index >= 15 is 0 Å². The number of hydrogen-bond acceptors (Lipinski definition) is 6. The molecule has 3 aliphatic rings. The van der Waals surface area contributed by atoms with Crippen molar-refractivity contribution in [1.82, 2.24) is 14.9 Å². The lowest BCUT2D eigenvalue weighted by Crippen LogP contribution is -2.53. The van der Waals surface area contributed by atoms with Gasteiger partial charge in [0.1, 0.15) is 0 Å². The van der Waals surface area contributed by atoms with Crippen LogP contribution in [0.1, 0.15) is 12.8 Å². The number of piperidine rings is 3. The van der Waals surface area contributed by atoms with E-state index in [0.717, 1.165) is 25.8 Å². The van der Waals surface area contributed by atoms with E-state index in [0.29, 0.717) is 5.92 Å². The van der Waals surface area contributed by atoms with Crippen LogP contribution in [-0.2, 0) is 0 Å². The van der Waals surface area contributed by atoms with Gasteiger partial charge < -0.3 is 10.2 Å². The molecular weight excluding hydrogens is 235 g/mol. The highest BCUT2D eigenvalue weighted by Crippen LogP contribution is 2.29. The minimum atomic E-state index is -0.439. The van der Waals surface area contributed by atoms with Gasteiger partial charge in [-0.25, -0.2) is 15.2 Å². The average Bonchev–Trinajstić information content (AvgIpc) is 2.43.